The molecule has 2 aromatic carbocycles. The van der Waals surface area contributed by atoms with Crippen LogP contribution in [0.2, 0.25) is 0 Å². The van der Waals surface area contributed by atoms with E-state index in [2.05, 4.69) is 0 Å². The lowest BCUT2D eigenvalue weighted by atomic mass is 9.90. The van der Waals surface area contributed by atoms with Crippen LogP contribution in [-0.4, -0.2) is 16.0 Å². The van der Waals surface area contributed by atoms with Gasteiger partial charge in [0.2, 0.25) is 0 Å². The molecule has 0 aromatic heterocycles. The fraction of sp³-hybridized carbons (Fsp3) is 0.235. The summed E-state index contributed by atoms with van der Waals surface area (Å²) in [6, 6.07) is 10.4. The fourth-order valence-electron chi connectivity index (χ4n) is 2.89. The highest BCUT2D eigenvalue weighted by molar-refractivity contribution is 6.03. The number of hydrogen-bond acceptors (Lipinski definition) is 3. The quantitative estimate of drug-likeness (QED) is 0.892. The van der Waals surface area contributed by atoms with Crippen LogP contribution < -0.4 is 0 Å². The Morgan fingerprint density at radius 3 is 2.17 bits per heavy atom. The Bertz CT molecular complexity index is 737. The maximum absolute atomic E-state index is 12.6. The summed E-state index contributed by atoms with van der Waals surface area (Å²) in [7, 11) is 0. The summed E-state index contributed by atoms with van der Waals surface area (Å²) in [4.78, 5) is 12.3. The molecule has 0 saturated carbocycles. The number of carbonyl (C=O) groups is 1. The number of halogens is 3. The SMILES string of the molecule is O=C1c2ccccc2C(O)C1C(O)c1ccc(C(F)(F)F)cc1. The van der Waals surface area contributed by atoms with Gasteiger partial charge in [-0.05, 0) is 23.3 Å². The monoisotopic (exact) mass is 322 g/mol. The first-order valence-electron chi connectivity index (χ1n) is 6.97. The van der Waals surface area contributed by atoms with E-state index in [1.54, 1.807) is 24.3 Å². The normalized spacial score (nSPS) is 22.0. The van der Waals surface area contributed by atoms with Gasteiger partial charge in [0, 0.05) is 5.56 Å². The molecular formula is C17H13F3O3. The first-order chi connectivity index (χ1) is 10.8. The van der Waals surface area contributed by atoms with Crippen LogP contribution in [-0.2, 0) is 6.18 Å². The van der Waals surface area contributed by atoms with Crippen LogP contribution >= 0.6 is 0 Å². The Hall–Kier alpha value is -2.18. The average Bonchev–Trinajstić information content (AvgIpc) is 2.78. The molecule has 6 heteroatoms. The van der Waals surface area contributed by atoms with Crippen LogP contribution in [0.15, 0.2) is 48.5 Å². The van der Waals surface area contributed by atoms with Gasteiger partial charge in [-0.3, -0.25) is 4.79 Å². The molecule has 0 heterocycles. The minimum absolute atomic E-state index is 0.156. The number of aliphatic hydroxyl groups is 2. The second-order valence-electron chi connectivity index (χ2n) is 5.49. The molecule has 2 N–H and O–H groups in total. The maximum Gasteiger partial charge on any atom is 0.416 e. The first kappa shape index (κ1) is 15.7. The van der Waals surface area contributed by atoms with Gasteiger partial charge in [0.05, 0.1) is 23.7 Å². The molecule has 0 spiro atoms. The standard InChI is InChI=1S/C17H13F3O3/c18-17(19,20)10-7-5-9(6-8-10)14(21)13-15(22)11-3-1-2-4-12(11)16(13)23/h1-8,13-15,21-22H. The molecule has 1 aliphatic rings. The van der Waals surface area contributed by atoms with Gasteiger partial charge >= 0.3 is 6.18 Å². The van der Waals surface area contributed by atoms with Crippen molar-refractivity contribution in [3.05, 3.63) is 70.8 Å². The van der Waals surface area contributed by atoms with Crippen LogP contribution in [0, 0.1) is 5.92 Å². The number of Topliss-reactive ketones (excluding diaryl/α,β-unsaturated/α-hetero) is 1. The Kier molecular flexibility index (Phi) is 3.74. The highest BCUT2D eigenvalue weighted by Gasteiger charge is 2.43. The van der Waals surface area contributed by atoms with Crippen molar-refractivity contribution < 1.29 is 28.2 Å². The number of aliphatic hydroxyl groups excluding tert-OH is 2. The molecule has 3 rings (SSSR count). The maximum atomic E-state index is 12.6. The van der Waals surface area contributed by atoms with Crippen molar-refractivity contribution in [1.29, 1.82) is 0 Å². The molecule has 0 amide bonds. The number of alkyl halides is 3. The van der Waals surface area contributed by atoms with Crippen molar-refractivity contribution in [1.82, 2.24) is 0 Å². The van der Waals surface area contributed by atoms with E-state index < -0.39 is 35.6 Å². The number of fused-ring (bicyclic) bond motifs is 1. The molecule has 0 bridgehead atoms. The number of carbonyl (C=O) groups excluding carboxylic acids is 1. The molecule has 3 unspecified atom stereocenters. The molecular weight excluding hydrogens is 309 g/mol. The van der Waals surface area contributed by atoms with Crippen molar-refractivity contribution in [3.8, 4) is 0 Å². The third-order valence-electron chi connectivity index (χ3n) is 4.11. The second kappa shape index (κ2) is 5.47. The molecule has 120 valence electrons. The number of benzene rings is 2. The number of ketones is 1. The molecule has 0 saturated heterocycles. The van der Waals surface area contributed by atoms with Gasteiger partial charge in [0.1, 0.15) is 0 Å². The largest absolute Gasteiger partial charge is 0.416 e. The topological polar surface area (TPSA) is 57.5 Å². The lowest BCUT2D eigenvalue weighted by Gasteiger charge is -2.21. The fourth-order valence-corrected chi connectivity index (χ4v) is 2.89. The summed E-state index contributed by atoms with van der Waals surface area (Å²) in [6.07, 6.45) is -7.04. The van der Waals surface area contributed by atoms with Gasteiger partial charge in [0.25, 0.3) is 0 Å². The molecule has 1 aliphatic carbocycles. The van der Waals surface area contributed by atoms with Crippen LogP contribution in [0.3, 0.4) is 0 Å². The highest BCUT2D eigenvalue weighted by atomic mass is 19.4. The third kappa shape index (κ3) is 2.64. The Balaban J connectivity index is 1.90. The Labute approximate surface area is 130 Å². The summed E-state index contributed by atoms with van der Waals surface area (Å²) >= 11 is 0. The summed E-state index contributed by atoms with van der Waals surface area (Å²) in [6.45, 7) is 0. The zero-order valence-corrected chi connectivity index (χ0v) is 11.8. The van der Waals surface area contributed by atoms with E-state index in [4.69, 9.17) is 0 Å². The van der Waals surface area contributed by atoms with E-state index in [0.717, 1.165) is 24.3 Å². The second-order valence-corrected chi connectivity index (χ2v) is 5.49. The minimum Gasteiger partial charge on any atom is -0.388 e. The predicted molar refractivity (Wildman–Crippen MR) is 75.6 cm³/mol. The predicted octanol–water partition coefficient (Wildman–Crippen LogP) is 3.28. The minimum atomic E-state index is -4.47. The van der Waals surface area contributed by atoms with Gasteiger partial charge in [-0.1, -0.05) is 36.4 Å². The van der Waals surface area contributed by atoms with Crippen LogP contribution in [0.5, 0.6) is 0 Å². The zero-order chi connectivity index (χ0) is 16.8. The van der Waals surface area contributed by atoms with E-state index in [0.29, 0.717) is 11.1 Å². The van der Waals surface area contributed by atoms with E-state index >= 15 is 0 Å². The van der Waals surface area contributed by atoms with Gasteiger partial charge in [-0.15, -0.1) is 0 Å². The Morgan fingerprint density at radius 2 is 1.61 bits per heavy atom. The van der Waals surface area contributed by atoms with E-state index in [1.807, 2.05) is 0 Å². The summed E-state index contributed by atoms with van der Waals surface area (Å²) in [5.41, 5.74) is 0.0719. The van der Waals surface area contributed by atoms with Crippen molar-refractivity contribution in [3.63, 3.8) is 0 Å². The number of rotatable bonds is 2. The lowest BCUT2D eigenvalue weighted by Crippen LogP contribution is -2.22. The summed E-state index contributed by atoms with van der Waals surface area (Å²) in [5.74, 6) is -1.54. The van der Waals surface area contributed by atoms with Gasteiger partial charge in [0.15, 0.2) is 5.78 Å². The van der Waals surface area contributed by atoms with E-state index in [9.17, 15) is 28.2 Å². The molecule has 0 fully saturated rings. The van der Waals surface area contributed by atoms with Crippen molar-refractivity contribution in [2.75, 3.05) is 0 Å². The van der Waals surface area contributed by atoms with Crippen LogP contribution in [0.25, 0.3) is 0 Å². The lowest BCUT2D eigenvalue weighted by molar-refractivity contribution is -0.137. The van der Waals surface area contributed by atoms with Crippen LogP contribution in [0.1, 0.15) is 39.3 Å². The van der Waals surface area contributed by atoms with E-state index in [1.165, 1.54) is 0 Å². The van der Waals surface area contributed by atoms with Crippen molar-refractivity contribution >= 4 is 5.78 Å². The molecule has 2 aromatic rings. The molecule has 0 aliphatic heterocycles. The number of hydrogen-bond donors (Lipinski definition) is 2. The Morgan fingerprint density at radius 1 is 1.00 bits per heavy atom. The third-order valence-corrected chi connectivity index (χ3v) is 4.11. The first-order valence-corrected chi connectivity index (χ1v) is 6.97. The molecule has 0 radical (unpaired) electrons. The molecule has 23 heavy (non-hydrogen) atoms. The summed E-state index contributed by atoms with van der Waals surface area (Å²) in [5, 5.41) is 20.6. The van der Waals surface area contributed by atoms with Crippen molar-refractivity contribution in [2.45, 2.75) is 18.4 Å². The molecule has 3 atom stereocenters. The van der Waals surface area contributed by atoms with Crippen LogP contribution in [0.4, 0.5) is 13.2 Å². The van der Waals surface area contributed by atoms with Crippen molar-refractivity contribution in [2.24, 2.45) is 5.92 Å². The average molecular weight is 322 g/mol. The van der Waals surface area contributed by atoms with E-state index in [-0.39, 0.29) is 5.56 Å². The van der Waals surface area contributed by atoms with Gasteiger partial charge in [-0.2, -0.15) is 13.2 Å². The highest BCUT2D eigenvalue weighted by Crippen LogP contribution is 2.42. The van der Waals surface area contributed by atoms with Gasteiger partial charge in [-0.25, -0.2) is 0 Å². The molecule has 3 nitrogen and oxygen atoms in total. The zero-order valence-electron chi connectivity index (χ0n) is 11.8. The smallest absolute Gasteiger partial charge is 0.388 e. The van der Waals surface area contributed by atoms with Gasteiger partial charge < -0.3 is 10.2 Å². The summed E-state index contributed by atoms with van der Waals surface area (Å²) < 4.78 is 37.7.